The summed E-state index contributed by atoms with van der Waals surface area (Å²) in [7, 11) is 0. The average Bonchev–Trinajstić information content (AvgIpc) is 3.62. The van der Waals surface area contributed by atoms with E-state index in [1.807, 2.05) is 59.1 Å². The van der Waals surface area contributed by atoms with Gasteiger partial charge in [0.1, 0.15) is 22.9 Å². The molecule has 0 radical (unpaired) electrons. The second-order valence-electron chi connectivity index (χ2n) is 9.59. The number of aromatic nitrogens is 5. The molecule has 7 aromatic rings. The third-order valence-corrected chi connectivity index (χ3v) is 6.89. The molecule has 0 aliphatic carbocycles. The number of nitrogens with one attached hydrogen (secondary N) is 1. The monoisotopic (exact) mass is 549 g/mol. The van der Waals surface area contributed by atoms with Crippen LogP contribution in [0, 0.1) is 12.4 Å². The highest BCUT2D eigenvalue weighted by Gasteiger charge is 2.18. The van der Waals surface area contributed by atoms with E-state index in [4.69, 9.17) is 16.7 Å². The Morgan fingerprint density at radius 1 is 0.810 bits per heavy atom. The van der Waals surface area contributed by atoms with Crippen molar-refractivity contribution in [2.75, 3.05) is 5.32 Å². The van der Waals surface area contributed by atoms with Crippen molar-refractivity contribution in [2.45, 2.75) is 0 Å². The van der Waals surface area contributed by atoms with Crippen molar-refractivity contribution in [3.05, 3.63) is 138 Å². The molecule has 4 heterocycles. The Bertz CT molecular complexity index is 2170. The molecular weight excluding hydrogens is 529 g/mol. The predicted octanol–water partition coefficient (Wildman–Crippen LogP) is 7.32. The zero-order valence-corrected chi connectivity index (χ0v) is 21.9. The van der Waals surface area contributed by atoms with Crippen LogP contribution in [0.4, 0.5) is 15.9 Å². The quantitative estimate of drug-likeness (QED) is 0.228. The zero-order chi connectivity index (χ0) is 28.6. The van der Waals surface area contributed by atoms with Gasteiger partial charge >= 0.3 is 0 Å². The van der Waals surface area contributed by atoms with Crippen LogP contribution in [0.5, 0.6) is 0 Å². The number of carbonyl (C=O) groups is 1. The third-order valence-electron chi connectivity index (χ3n) is 6.89. The van der Waals surface area contributed by atoms with Crippen LogP contribution in [0.2, 0.25) is 0 Å². The second kappa shape index (κ2) is 10.1. The number of amides is 1. The largest absolute Gasteiger partial charge is 0.305 e. The van der Waals surface area contributed by atoms with Gasteiger partial charge in [0.05, 0.1) is 18.5 Å². The molecule has 0 unspecified atom stereocenters. The van der Waals surface area contributed by atoms with Gasteiger partial charge in [-0.25, -0.2) is 23.7 Å². The number of imidazole rings is 2. The average molecular weight is 550 g/mol. The van der Waals surface area contributed by atoms with Crippen LogP contribution in [0.15, 0.2) is 116 Å². The van der Waals surface area contributed by atoms with Crippen LogP contribution in [-0.4, -0.2) is 29.9 Å². The van der Waals surface area contributed by atoms with Crippen molar-refractivity contribution in [1.82, 2.24) is 24.0 Å². The fraction of sp³-hybridized carbons (Fsp3) is 0. The number of fused-ring (bicyclic) bond motifs is 2. The third kappa shape index (κ3) is 4.53. The normalized spacial score (nSPS) is 11.0. The van der Waals surface area contributed by atoms with Crippen LogP contribution in [0.25, 0.3) is 49.9 Å². The first-order valence-electron chi connectivity index (χ1n) is 13.0. The molecular formula is C33H20FN7O. The standard InChI is InChI=1S/C33H20FN7O/c1-35-26-9-5-7-23(19-26)22-6-4-8-24(18-22)33(42)37-28-20-41-30(36-28)16-15-27(39-41)32-31(21-11-13-25(34)14-12-21)38-29-10-2-3-17-40(29)32/h2-20H,(H,37,42). The van der Waals surface area contributed by atoms with Gasteiger partial charge in [-0.2, -0.15) is 5.10 Å². The number of benzene rings is 3. The molecule has 0 aliphatic heterocycles. The first-order valence-corrected chi connectivity index (χ1v) is 13.0. The Balaban J connectivity index is 1.21. The smallest absolute Gasteiger partial charge is 0.256 e. The van der Waals surface area contributed by atoms with Crippen molar-refractivity contribution >= 4 is 28.7 Å². The molecule has 9 heteroatoms. The maximum absolute atomic E-state index is 13.6. The highest BCUT2D eigenvalue weighted by Crippen LogP contribution is 2.32. The van der Waals surface area contributed by atoms with E-state index >= 15 is 0 Å². The van der Waals surface area contributed by atoms with Crippen LogP contribution >= 0.6 is 0 Å². The topological polar surface area (TPSA) is 81.0 Å². The molecule has 0 spiro atoms. The van der Waals surface area contributed by atoms with Crippen molar-refractivity contribution in [3.63, 3.8) is 0 Å². The Morgan fingerprint density at radius 2 is 1.62 bits per heavy atom. The lowest BCUT2D eigenvalue weighted by Gasteiger charge is -2.06. The summed E-state index contributed by atoms with van der Waals surface area (Å²) in [4.78, 5) is 26.0. The molecule has 8 nitrogen and oxygen atoms in total. The van der Waals surface area contributed by atoms with Crippen LogP contribution in [-0.2, 0) is 0 Å². The fourth-order valence-electron chi connectivity index (χ4n) is 4.90. The molecule has 42 heavy (non-hydrogen) atoms. The summed E-state index contributed by atoms with van der Waals surface area (Å²) in [5.41, 5.74) is 6.78. The maximum Gasteiger partial charge on any atom is 0.256 e. The van der Waals surface area contributed by atoms with Crippen LogP contribution in [0.3, 0.4) is 0 Å². The van der Waals surface area contributed by atoms with Crippen molar-refractivity contribution < 1.29 is 9.18 Å². The van der Waals surface area contributed by atoms with E-state index in [2.05, 4.69) is 15.1 Å². The summed E-state index contributed by atoms with van der Waals surface area (Å²) in [6.07, 6.45) is 3.56. The molecule has 0 saturated carbocycles. The van der Waals surface area contributed by atoms with E-state index in [1.54, 1.807) is 53.2 Å². The molecule has 1 N–H and O–H groups in total. The molecule has 4 aromatic heterocycles. The molecule has 0 fully saturated rings. The summed E-state index contributed by atoms with van der Waals surface area (Å²) >= 11 is 0. The summed E-state index contributed by atoms with van der Waals surface area (Å²) in [5.74, 6) is -0.290. The highest BCUT2D eigenvalue weighted by atomic mass is 19.1. The molecule has 3 aromatic carbocycles. The highest BCUT2D eigenvalue weighted by molar-refractivity contribution is 6.04. The van der Waals surface area contributed by atoms with Gasteiger partial charge in [-0.1, -0.05) is 36.4 Å². The Morgan fingerprint density at radius 3 is 2.45 bits per heavy atom. The predicted molar refractivity (Wildman–Crippen MR) is 159 cm³/mol. The molecule has 200 valence electrons. The molecule has 0 saturated heterocycles. The first kappa shape index (κ1) is 24.9. The van der Waals surface area contributed by atoms with E-state index in [0.717, 1.165) is 28.0 Å². The number of halogens is 1. The van der Waals surface area contributed by atoms with E-state index in [0.29, 0.717) is 34.1 Å². The van der Waals surface area contributed by atoms with Crippen molar-refractivity contribution in [2.24, 2.45) is 0 Å². The lowest BCUT2D eigenvalue weighted by atomic mass is 10.0. The van der Waals surface area contributed by atoms with Gasteiger partial charge in [0.2, 0.25) is 0 Å². The van der Waals surface area contributed by atoms with Gasteiger partial charge in [0.15, 0.2) is 17.2 Å². The number of hydrogen-bond acceptors (Lipinski definition) is 4. The Kier molecular flexibility index (Phi) is 5.99. The van der Waals surface area contributed by atoms with Gasteiger partial charge < -0.3 is 5.32 Å². The van der Waals surface area contributed by atoms with E-state index in [1.165, 1.54) is 12.1 Å². The van der Waals surface area contributed by atoms with Gasteiger partial charge in [0, 0.05) is 17.3 Å². The van der Waals surface area contributed by atoms with Crippen LogP contribution in [0.1, 0.15) is 10.4 Å². The summed E-state index contributed by atoms with van der Waals surface area (Å²) in [6, 6.07) is 30.1. The Hall–Kier alpha value is -6.14. The molecule has 0 aliphatic rings. The molecule has 7 rings (SSSR count). The minimum absolute atomic E-state index is 0.317. The second-order valence-corrected chi connectivity index (χ2v) is 9.59. The summed E-state index contributed by atoms with van der Waals surface area (Å²) < 4.78 is 17.2. The van der Waals surface area contributed by atoms with E-state index in [9.17, 15) is 9.18 Å². The van der Waals surface area contributed by atoms with Crippen molar-refractivity contribution in [3.8, 4) is 33.8 Å². The Labute approximate surface area is 239 Å². The fourth-order valence-corrected chi connectivity index (χ4v) is 4.90. The lowest BCUT2D eigenvalue weighted by Crippen LogP contribution is -2.12. The number of nitrogens with zero attached hydrogens (tertiary/aromatic N) is 6. The first-order chi connectivity index (χ1) is 20.6. The summed E-state index contributed by atoms with van der Waals surface area (Å²) in [5, 5.41) is 7.65. The van der Waals surface area contributed by atoms with Gasteiger partial charge in [-0.15, -0.1) is 0 Å². The number of pyridine rings is 1. The number of anilines is 1. The number of carbonyl (C=O) groups excluding carboxylic acids is 1. The van der Waals surface area contributed by atoms with E-state index < -0.39 is 0 Å². The van der Waals surface area contributed by atoms with Crippen molar-refractivity contribution in [1.29, 1.82) is 0 Å². The number of rotatable bonds is 5. The van der Waals surface area contributed by atoms with Crippen LogP contribution < -0.4 is 5.32 Å². The SMILES string of the molecule is [C-]#[N+]c1cccc(-c2cccc(C(=O)Nc3cn4nc(-c5c(-c6ccc(F)cc6)nc6ccccn56)ccc4n3)c2)c1. The van der Waals surface area contributed by atoms with Gasteiger partial charge in [-0.05, 0) is 77.9 Å². The summed E-state index contributed by atoms with van der Waals surface area (Å²) in [6.45, 7) is 7.26. The molecule has 0 atom stereocenters. The molecule has 1 amide bonds. The number of hydrogen-bond donors (Lipinski definition) is 1. The zero-order valence-electron chi connectivity index (χ0n) is 21.9. The maximum atomic E-state index is 13.6. The van der Waals surface area contributed by atoms with Gasteiger partial charge in [0.25, 0.3) is 5.91 Å². The minimum Gasteiger partial charge on any atom is -0.305 e. The minimum atomic E-state index is -0.322. The molecule has 0 bridgehead atoms. The van der Waals surface area contributed by atoms with E-state index in [-0.39, 0.29) is 11.7 Å². The lowest BCUT2D eigenvalue weighted by molar-refractivity contribution is 0.102. The van der Waals surface area contributed by atoms with Gasteiger partial charge in [-0.3, -0.25) is 9.20 Å².